The van der Waals surface area contributed by atoms with Crippen LogP contribution in [0, 0.1) is 10.5 Å². The van der Waals surface area contributed by atoms with Gasteiger partial charge in [0.05, 0.1) is 0 Å². The van der Waals surface area contributed by atoms with Crippen LogP contribution in [0.3, 0.4) is 0 Å². The maximum absolute atomic E-state index is 11.9. The summed E-state index contributed by atoms with van der Waals surface area (Å²) in [5.41, 5.74) is 0.585. The third-order valence-corrected chi connectivity index (χ3v) is 4.11. The van der Waals surface area contributed by atoms with Gasteiger partial charge in [0.15, 0.2) is 0 Å². The second-order valence-corrected chi connectivity index (χ2v) is 5.47. The van der Waals surface area contributed by atoms with Gasteiger partial charge in [0.25, 0.3) is 5.91 Å². The Morgan fingerprint density at radius 1 is 1.41 bits per heavy atom. The van der Waals surface area contributed by atoms with Crippen LogP contribution < -0.4 is 5.32 Å². The molecule has 1 fully saturated rings. The SMILES string of the molecule is Cc1ccc(C(=O)NC2(C(=O)O)CC2)cc1I. The highest BCUT2D eigenvalue weighted by atomic mass is 127. The van der Waals surface area contributed by atoms with E-state index in [1.807, 2.05) is 13.0 Å². The molecule has 2 rings (SSSR count). The van der Waals surface area contributed by atoms with Gasteiger partial charge in [0, 0.05) is 9.13 Å². The monoisotopic (exact) mass is 345 g/mol. The van der Waals surface area contributed by atoms with Gasteiger partial charge < -0.3 is 10.4 Å². The smallest absolute Gasteiger partial charge is 0.329 e. The fourth-order valence-electron chi connectivity index (χ4n) is 1.54. The van der Waals surface area contributed by atoms with Crippen LogP contribution in [0.2, 0.25) is 0 Å². The Hall–Kier alpha value is -1.11. The van der Waals surface area contributed by atoms with Crippen molar-refractivity contribution in [1.29, 1.82) is 0 Å². The fraction of sp³-hybridized carbons (Fsp3) is 0.333. The second-order valence-electron chi connectivity index (χ2n) is 4.31. The number of rotatable bonds is 3. The Morgan fingerprint density at radius 2 is 2.06 bits per heavy atom. The Morgan fingerprint density at radius 3 is 2.53 bits per heavy atom. The minimum Gasteiger partial charge on any atom is -0.480 e. The van der Waals surface area contributed by atoms with Crippen LogP contribution in [-0.4, -0.2) is 22.5 Å². The van der Waals surface area contributed by atoms with Crippen molar-refractivity contribution in [2.24, 2.45) is 0 Å². The van der Waals surface area contributed by atoms with Crippen LogP contribution in [0.1, 0.15) is 28.8 Å². The molecule has 1 aromatic carbocycles. The van der Waals surface area contributed by atoms with E-state index in [2.05, 4.69) is 27.9 Å². The van der Waals surface area contributed by atoms with Gasteiger partial charge in [-0.2, -0.15) is 0 Å². The number of benzene rings is 1. The first kappa shape index (κ1) is 12.3. The molecule has 0 aliphatic heterocycles. The lowest BCUT2D eigenvalue weighted by molar-refractivity contribution is -0.140. The minimum atomic E-state index is -1.02. The summed E-state index contributed by atoms with van der Waals surface area (Å²) in [4.78, 5) is 22.8. The maximum Gasteiger partial charge on any atom is 0.329 e. The van der Waals surface area contributed by atoms with Crippen LogP contribution >= 0.6 is 22.6 Å². The van der Waals surface area contributed by atoms with Crippen LogP contribution in [-0.2, 0) is 4.79 Å². The number of hydrogen-bond acceptors (Lipinski definition) is 2. The van der Waals surface area contributed by atoms with Crippen LogP contribution in [0.15, 0.2) is 18.2 Å². The molecule has 1 amide bonds. The van der Waals surface area contributed by atoms with Crippen molar-refractivity contribution in [2.45, 2.75) is 25.3 Å². The van der Waals surface area contributed by atoms with Crippen molar-refractivity contribution < 1.29 is 14.7 Å². The lowest BCUT2D eigenvalue weighted by Gasteiger charge is -2.12. The number of carboxylic acid groups (broad SMARTS) is 1. The molecule has 1 aromatic rings. The fourth-order valence-corrected chi connectivity index (χ4v) is 2.06. The van der Waals surface area contributed by atoms with E-state index in [0.717, 1.165) is 9.13 Å². The molecule has 1 aliphatic carbocycles. The Kier molecular flexibility index (Phi) is 3.11. The van der Waals surface area contributed by atoms with Crippen molar-refractivity contribution in [3.05, 3.63) is 32.9 Å². The molecule has 0 bridgehead atoms. The molecule has 0 atom stereocenters. The molecular weight excluding hydrogens is 333 g/mol. The summed E-state index contributed by atoms with van der Waals surface area (Å²) < 4.78 is 0.996. The first-order valence-corrected chi connectivity index (χ1v) is 6.34. The van der Waals surface area contributed by atoms with Gasteiger partial charge >= 0.3 is 5.97 Å². The summed E-state index contributed by atoms with van der Waals surface area (Å²) in [5.74, 6) is -1.27. The molecule has 5 heteroatoms. The summed E-state index contributed by atoms with van der Waals surface area (Å²) >= 11 is 2.15. The van der Waals surface area contributed by atoms with E-state index in [4.69, 9.17) is 5.11 Å². The third-order valence-electron chi connectivity index (χ3n) is 2.95. The summed E-state index contributed by atoms with van der Waals surface area (Å²) in [6.07, 6.45) is 1.02. The molecule has 0 saturated heterocycles. The normalized spacial score (nSPS) is 16.4. The van der Waals surface area contributed by atoms with Gasteiger partial charge in [-0.1, -0.05) is 6.07 Å². The van der Waals surface area contributed by atoms with Gasteiger partial charge in [0.1, 0.15) is 5.54 Å². The molecule has 1 aliphatic rings. The second kappa shape index (κ2) is 4.29. The average molecular weight is 345 g/mol. The highest BCUT2D eigenvalue weighted by Gasteiger charge is 2.51. The number of amides is 1. The molecule has 1 saturated carbocycles. The molecule has 0 heterocycles. The van der Waals surface area contributed by atoms with Gasteiger partial charge in [-0.15, -0.1) is 0 Å². The topological polar surface area (TPSA) is 66.4 Å². The molecule has 17 heavy (non-hydrogen) atoms. The number of carbonyl (C=O) groups excluding carboxylic acids is 1. The molecular formula is C12H12INO3. The Balaban J connectivity index is 2.15. The molecule has 4 nitrogen and oxygen atoms in total. The average Bonchev–Trinajstić information content (AvgIpc) is 3.03. The molecule has 0 spiro atoms. The number of hydrogen-bond donors (Lipinski definition) is 2. The third kappa shape index (κ3) is 2.43. The van der Waals surface area contributed by atoms with Gasteiger partial charge in [0.2, 0.25) is 0 Å². The summed E-state index contributed by atoms with van der Waals surface area (Å²) in [6, 6.07) is 5.34. The zero-order chi connectivity index (χ0) is 12.6. The van der Waals surface area contributed by atoms with E-state index < -0.39 is 11.5 Å². The maximum atomic E-state index is 11.9. The molecule has 2 N–H and O–H groups in total. The van der Waals surface area contributed by atoms with Gasteiger partial charge in [-0.3, -0.25) is 4.79 Å². The lowest BCUT2D eigenvalue weighted by Crippen LogP contribution is -2.43. The van der Waals surface area contributed by atoms with Crippen molar-refractivity contribution in [3.63, 3.8) is 0 Å². The van der Waals surface area contributed by atoms with Crippen molar-refractivity contribution in [1.82, 2.24) is 5.32 Å². The van der Waals surface area contributed by atoms with Gasteiger partial charge in [-0.25, -0.2) is 4.79 Å². The van der Waals surface area contributed by atoms with E-state index in [9.17, 15) is 9.59 Å². The number of aryl methyl sites for hydroxylation is 1. The first-order chi connectivity index (χ1) is 7.94. The predicted octanol–water partition coefficient (Wildman–Crippen LogP) is 1.95. The standard InChI is InChI=1S/C12H12INO3/c1-7-2-3-8(6-9(7)13)10(15)14-12(4-5-12)11(16)17/h2-3,6H,4-5H2,1H3,(H,14,15)(H,16,17). The quantitative estimate of drug-likeness (QED) is 0.823. The Bertz CT molecular complexity index is 495. The van der Waals surface area contributed by atoms with E-state index in [-0.39, 0.29) is 5.91 Å². The molecule has 0 radical (unpaired) electrons. The van der Waals surface area contributed by atoms with E-state index in [1.165, 1.54) is 0 Å². The Labute approximate surface area is 113 Å². The number of halogens is 1. The number of carbonyl (C=O) groups is 2. The van der Waals surface area contributed by atoms with Crippen LogP contribution in [0.25, 0.3) is 0 Å². The number of aliphatic carboxylic acids is 1. The molecule has 0 aromatic heterocycles. The predicted molar refractivity (Wildman–Crippen MR) is 71.0 cm³/mol. The summed E-state index contributed by atoms with van der Waals surface area (Å²) in [6.45, 7) is 1.96. The summed E-state index contributed by atoms with van der Waals surface area (Å²) in [5, 5.41) is 11.6. The minimum absolute atomic E-state index is 0.317. The largest absolute Gasteiger partial charge is 0.480 e. The van der Waals surface area contributed by atoms with E-state index in [0.29, 0.717) is 18.4 Å². The van der Waals surface area contributed by atoms with Crippen molar-refractivity contribution in [2.75, 3.05) is 0 Å². The van der Waals surface area contributed by atoms with E-state index in [1.54, 1.807) is 12.1 Å². The van der Waals surface area contributed by atoms with E-state index >= 15 is 0 Å². The first-order valence-electron chi connectivity index (χ1n) is 5.27. The zero-order valence-electron chi connectivity index (χ0n) is 9.29. The highest BCUT2D eigenvalue weighted by molar-refractivity contribution is 14.1. The highest BCUT2D eigenvalue weighted by Crippen LogP contribution is 2.35. The van der Waals surface area contributed by atoms with Crippen molar-refractivity contribution >= 4 is 34.5 Å². The summed E-state index contributed by atoms with van der Waals surface area (Å²) in [7, 11) is 0. The van der Waals surface area contributed by atoms with Crippen molar-refractivity contribution in [3.8, 4) is 0 Å². The van der Waals surface area contributed by atoms with Gasteiger partial charge in [-0.05, 0) is 60.1 Å². The lowest BCUT2D eigenvalue weighted by atomic mass is 10.1. The molecule has 90 valence electrons. The number of nitrogens with one attached hydrogen (secondary N) is 1. The molecule has 0 unspecified atom stereocenters. The zero-order valence-corrected chi connectivity index (χ0v) is 11.4. The van der Waals surface area contributed by atoms with Crippen LogP contribution in [0.5, 0.6) is 0 Å². The van der Waals surface area contributed by atoms with Crippen LogP contribution in [0.4, 0.5) is 0 Å². The number of carboxylic acids is 1.